The molecule has 4 aromatic rings. The molecule has 0 aliphatic carbocycles. The van der Waals surface area contributed by atoms with Gasteiger partial charge in [0.05, 0.1) is 11.5 Å². The zero-order chi connectivity index (χ0) is 26.4. The molecule has 2 bridgehead atoms. The fraction of sp³-hybridized carbons (Fsp3) is 0.294. The molecule has 1 N–H and O–H groups in total. The largest absolute Gasteiger partial charge is 0.350 e. The van der Waals surface area contributed by atoms with Crippen molar-refractivity contribution >= 4 is 22.6 Å². The number of likely N-dealkylation sites (tertiary alicyclic amines) is 1. The summed E-state index contributed by atoms with van der Waals surface area (Å²) in [6, 6.07) is 34.8. The summed E-state index contributed by atoms with van der Waals surface area (Å²) in [5.41, 5.74) is 2.90. The maximum Gasteiger partial charge on any atom is 0.245 e. The molecule has 3 saturated heterocycles. The Hall–Kier alpha value is -3.96. The third-order valence-corrected chi connectivity index (χ3v) is 9.30. The van der Waals surface area contributed by atoms with E-state index in [1.165, 1.54) is 5.56 Å². The molecule has 4 atom stereocenters. The molecular formula is C34H33N3O2. The second-order valence-corrected chi connectivity index (χ2v) is 11.3. The molecule has 196 valence electrons. The molecule has 3 heterocycles. The van der Waals surface area contributed by atoms with Crippen molar-refractivity contribution < 1.29 is 9.59 Å². The van der Waals surface area contributed by atoms with Crippen LogP contribution in [0.2, 0.25) is 0 Å². The van der Waals surface area contributed by atoms with Crippen LogP contribution in [0.15, 0.2) is 103 Å². The minimum absolute atomic E-state index is 0.0460. The Morgan fingerprint density at radius 3 is 2.26 bits per heavy atom. The summed E-state index contributed by atoms with van der Waals surface area (Å²) in [4.78, 5) is 32.7. The van der Waals surface area contributed by atoms with E-state index < -0.39 is 11.6 Å². The summed E-state index contributed by atoms with van der Waals surface area (Å²) in [6.07, 6.45) is 2.74. The summed E-state index contributed by atoms with van der Waals surface area (Å²) in [5, 5.41) is 5.59. The van der Waals surface area contributed by atoms with Gasteiger partial charge in [-0.15, -0.1) is 0 Å². The fourth-order valence-electron chi connectivity index (χ4n) is 7.63. The number of hydrogen-bond donors (Lipinski definition) is 1. The molecule has 3 aliphatic heterocycles. The summed E-state index contributed by atoms with van der Waals surface area (Å²) in [5.74, 6) is -0.0586. The predicted molar refractivity (Wildman–Crippen MR) is 152 cm³/mol. The molecule has 2 unspecified atom stereocenters. The van der Waals surface area contributed by atoms with Gasteiger partial charge in [0, 0.05) is 25.7 Å². The average molecular weight is 516 g/mol. The number of carbonyl (C=O) groups excluding carboxylic acids is 2. The third kappa shape index (κ3) is 3.95. The first kappa shape index (κ1) is 24.1. The Morgan fingerprint density at radius 1 is 0.821 bits per heavy atom. The van der Waals surface area contributed by atoms with E-state index >= 15 is 0 Å². The van der Waals surface area contributed by atoms with Gasteiger partial charge >= 0.3 is 0 Å². The lowest BCUT2D eigenvalue weighted by Gasteiger charge is -2.40. The Morgan fingerprint density at radius 2 is 1.49 bits per heavy atom. The maximum atomic E-state index is 14.3. The van der Waals surface area contributed by atoms with Crippen LogP contribution in [0.5, 0.6) is 0 Å². The van der Waals surface area contributed by atoms with Crippen molar-refractivity contribution in [3.8, 4) is 0 Å². The van der Waals surface area contributed by atoms with Crippen LogP contribution in [-0.2, 0) is 29.2 Å². The Labute approximate surface area is 229 Å². The van der Waals surface area contributed by atoms with Crippen LogP contribution in [0.25, 0.3) is 10.8 Å². The highest BCUT2D eigenvalue weighted by Gasteiger charge is 2.71. The summed E-state index contributed by atoms with van der Waals surface area (Å²) < 4.78 is 0. The van der Waals surface area contributed by atoms with E-state index in [1.54, 1.807) is 0 Å². The first-order chi connectivity index (χ1) is 19.1. The van der Waals surface area contributed by atoms with Gasteiger partial charge in [-0.05, 0) is 46.7 Å². The van der Waals surface area contributed by atoms with Gasteiger partial charge in [0.1, 0.15) is 6.04 Å². The highest BCUT2D eigenvalue weighted by molar-refractivity contribution is 5.96. The molecular weight excluding hydrogens is 482 g/mol. The molecule has 5 heteroatoms. The standard InChI is InChI=1S/C34H33N3O2/c38-32(35-21-27-16-9-15-26-14-7-8-17-29(26)27)31-34-19-18-28(37(34)23-25-12-5-2-6-13-25)20-30(34)33(39)36(31)22-24-10-3-1-4-11-24/h1-17,28,30-31H,18-23H2,(H,35,38)/t28?,30-,31+,34?/m1/s1. The quantitative estimate of drug-likeness (QED) is 0.364. The number of fused-ring (bicyclic) bond motifs is 2. The molecule has 0 saturated carbocycles. The fourth-order valence-corrected chi connectivity index (χ4v) is 7.63. The second kappa shape index (κ2) is 9.65. The van der Waals surface area contributed by atoms with Crippen molar-refractivity contribution in [1.82, 2.24) is 15.1 Å². The maximum absolute atomic E-state index is 14.3. The first-order valence-electron chi connectivity index (χ1n) is 14.0. The van der Waals surface area contributed by atoms with E-state index in [9.17, 15) is 9.59 Å². The zero-order valence-electron chi connectivity index (χ0n) is 22.0. The molecule has 7 rings (SSSR count). The Kier molecular flexibility index (Phi) is 5.97. The van der Waals surface area contributed by atoms with Gasteiger partial charge in [0.25, 0.3) is 0 Å². The lowest BCUT2D eigenvalue weighted by molar-refractivity contribution is -0.138. The van der Waals surface area contributed by atoms with E-state index in [0.29, 0.717) is 19.1 Å². The van der Waals surface area contributed by atoms with Crippen molar-refractivity contribution in [3.63, 3.8) is 0 Å². The van der Waals surface area contributed by atoms with Crippen molar-refractivity contribution in [2.24, 2.45) is 5.92 Å². The van der Waals surface area contributed by atoms with Crippen LogP contribution in [0.3, 0.4) is 0 Å². The molecule has 2 amide bonds. The van der Waals surface area contributed by atoms with Gasteiger partial charge in [-0.2, -0.15) is 0 Å². The number of amides is 2. The molecule has 39 heavy (non-hydrogen) atoms. The van der Waals surface area contributed by atoms with Gasteiger partial charge in [-0.25, -0.2) is 0 Å². The van der Waals surface area contributed by atoms with Gasteiger partial charge in [-0.3, -0.25) is 14.5 Å². The SMILES string of the molecule is O=C(NCc1cccc2ccccc12)[C@@H]1N(Cc2ccccc2)C(=O)[C@H]2CC3CCC21N3Cc1ccccc1. The molecule has 3 aliphatic rings. The highest BCUT2D eigenvalue weighted by atomic mass is 16.2. The summed E-state index contributed by atoms with van der Waals surface area (Å²) in [7, 11) is 0. The minimum atomic E-state index is -0.526. The Balaban J connectivity index is 1.24. The first-order valence-corrected chi connectivity index (χ1v) is 14.0. The van der Waals surface area contributed by atoms with Crippen molar-refractivity contribution in [1.29, 1.82) is 0 Å². The summed E-state index contributed by atoms with van der Waals surface area (Å²) in [6.45, 7) is 1.66. The Bertz CT molecular complexity index is 1520. The number of carbonyl (C=O) groups is 2. The van der Waals surface area contributed by atoms with Gasteiger partial charge in [0.2, 0.25) is 11.8 Å². The second-order valence-electron chi connectivity index (χ2n) is 11.3. The number of benzene rings is 4. The van der Waals surface area contributed by atoms with E-state index in [4.69, 9.17) is 0 Å². The van der Waals surface area contributed by atoms with E-state index in [2.05, 4.69) is 58.7 Å². The number of nitrogens with one attached hydrogen (secondary N) is 1. The lowest BCUT2D eigenvalue weighted by Crippen LogP contribution is -2.59. The highest BCUT2D eigenvalue weighted by Crippen LogP contribution is 2.58. The van der Waals surface area contributed by atoms with E-state index in [1.807, 2.05) is 59.5 Å². The van der Waals surface area contributed by atoms with Crippen molar-refractivity contribution in [2.45, 2.75) is 56.5 Å². The molecule has 1 spiro atoms. The van der Waals surface area contributed by atoms with Crippen LogP contribution in [0, 0.1) is 5.92 Å². The lowest BCUT2D eigenvalue weighted by atomic mass is 9.75. The molecule has 3 fully saturated rings. The van der Waals surface area contributed by atoms with Crippen molar-refractivity contribution in [3.05, 3.63) is 120 Å². The topological polar surface area (TPSA) is 52.7 Å². The number of nitrogens with zero attached hydrogens (tertiary/aromatic N) is 2. The molecule has 5 nitrogen and oxygen atoms in total. The normalized spacial score (nSPS) is 25.8. The third-order valence-electron chi connectivity index (χ3n) is 9.30. The number of rotatable bonds is 7. The predicted octanol–water partition coefficient (Wildman–Crippen LogP) is 5.29. The summed E-state index contributed by atoms with van der Waals surface area (Å²) >= 11 is 0. The number of hydrogen-bond acceptors (Lipinski definition) is 3. The monoisotopic (exact) mass is 515 g/mol. The molecule has 0 aromatic heterocycles. The van der Waals surface area contributed by atoms with Crippen LogP contribution >= 0.6 is 0 Å². The average Bonchev–Trinajstić information content (AvgIpc) is 3.56. The zero-order valence-corrected chi connectivity index (χ0v) is 22.0. The van der Waals surface area contributed by atoms with Gasteiger partial charge in [0.15, 0.2) is 0 Å². The van der Waals surface area contributed by atoms with E-state index in [0.717, 1.165) is 47.7 Å². The van der Waals surface area contributed by atoms with Crippen LogP contribution in [0.4, 0.5) is 0 Å². The smallest absolute Gasteiger partial charge is 0.245 e. The van der Waals surface area contributed by atoms with Crippen LogP contribution in [-0.4, -0.2) is 39.2 Å². The molecule has 4 aromatic carbocycles. The van der Waals surface area contributed by atoms with Crippen LogP contribution in [0.1, 0.15) is 36.0 Å². The van der Waals surface area contributed by atoms with Gasteiger partial charge in [-0.1, -0.05) is 103 Å². The van der Waals surface area contributed by atoms with Crippen LogP contribution < -0.4 is 5.32 Å². The minimum Gasteiger partial charge on any atom is -0.350 e. The van der Waals surface area contributed by atoms with Gasteiger partial charge < -0.3 is 10.2 Å². The molecule has 0 radical (unpaired) electrons. The van der Waals surface area contributed by atoms with E-state index in [-0.39, 0.29) is 17.7 Å². The van der Waals surface area contributed by atoms with Crippen molar-refractivity contribution in [2.75, 3.05) is 0 Å².